The molecule has 112 valence electrons. The fraction of sp³-hybridized carbons (Fsp3) is 0.250. The van der Waals surface area contributed by atoms with Gasteiger partial charge in [0.05, 0.1) is 27.0 Å². The van der Waals surface area contributed by atoms with Crippen LogP contribution in [0.1, 0.15) is 5.56 Å². The van der Waals surface area contributed by atoms with Crippen LogP contribution in [0.25, 0.3) is 0 Å². The van der Waals surface area contributed by atoms with Crippen LogP contribution in [0.3, 0.4) is 0 Å². The Morgan fingerprint density at radius 3 is 2.05 bits per heavy atom. The van der Waals surface area contributed by atoms with Crippen LogP contribution in [0.5, 0.6) is 17.2 Å². The van der Waals surface area contributed by atoms with Gasteiger partial charge in [-0.1, -0.05) is 0 Å². The lowest BCUT2D eigenvalue weighted by Crippen LogP contribution is -2.01. The summed E-state index contributed by atoms with van der Waals surface area (Å²) >= 11 is 3.52. The number of rotatable bonds is 6. The fourth-order valence-electron chi connectivity index (χ4n) is 1.93. The summed E-state index contributed by atoms with van der Waals surface area (Å²) in [6, 6.07) is 11.6. The predicted molar refractivity (Wildman–Crippen MR) is 87.6 cm³/mol. The molecule has 0 aliphatic carbocycles. The van der Waals surface area contributed by atoms with Crippen LogP contribution in [0.15, 0.2) is 40.9 Å². The van der Waals surface area contributed by atoms with Crippen LogP contribution >= 0.6 is 15.9 Å². The van der Waals surface area contributed by atoms with Crippen LogP contribution in [0.4, 0.5) is 5.69 Å². The first kappa shape index (κ1) is 15.5. The Morgan fingerprint density at radius 1 is 0.857 bits per heavy atom. The fourth-order valence-corrected chi connectivity index (χ4v) is 2.32. The van der Waals surface area contributed by atoms with Gasteiger partial charge in [0.15, 0.2) is 0 Å². The third kappa shape index (κ3) is 4.04. The van der Waals surface area contributed by atoms with E-state index in [0.717, 1.165) is 33.0 Å². The molecule has 0 atom stereocenters. The van der Waals surface area contributed by atoms with Crippen molar-refractivity contribution in [2.75, 3.05) is 26.6 Å². The maximum atomic E-state index is 5.27. The van der Waals surface area contributed by atoms with Gasteiger partial charge in [-0.2, -0.15) is 0 Å². The third-order valence-corrected chi connectivity index (χ3v) is 3.76. The van der Waals surface area contributed by atoms with E-state index in [9.17, 15) is 0 Å². The topological polar surface area (TPSA) is 39.7 Å². The molecule has 0 amide bonds. The first-order chi connectivity index (χ1) is 10.2. The van der Waals surface area contributed by atoms with E-state index in [2.05, 4.69) is 21.2 Å². The molecule has 2 aromatic carbocycles. The van der Waals surface area contributed by atoms with Crippen LogP contribution in [0, 0.1) is 0 Å². The molecule has 0 fully saturated rings. The summed E-state index contributed by atoms with van der Waals surface area (Å²) < 4.78 is 16.8. The van der Waals surface area contributed by atoms with E-state index >= 15 is 0 Å². The van der Waals surface area contributed by atoms with E-state index in [1.807, 2.05) is 36.4 Å². The van der Waals surface area contributed by atoms with Crippen LogP contribution in [-0.4, -0.2) is 21.3 Å². The summed E-state index contributed by atoms with van der Waals surface area (Å²) in [7, 11) is 4.94. The number of halogens is 1. The number of anilines is 1. The zero-order valence-electron chi connectivity index (χ0n) is 12.3. The zero-order chi connectivity index (χ0) is 15.2. The van der Waals surface area contributed by atoms with E-state index in [4.69, 9.17) is 14.2 Å². The Hall–Kier alpha value is -1.88. The summed E-state index contributed by atoms with van der Waals surface area (Å²) in [5.74, 6) is 2.36. The summed E-state index contributed by atoms with van der Waals surface area (Å²) in [5.41, 5.74) is 2.04. The Balaban J connectivity index is 2.16. The van der Waals surface area contributed by atoms with E-state index in [-0.39, 0.29) is 0 Å². The molecule has 0 aliphatic heterocycles. The third-order valence-electron chi connectivity index (χ3n) is 3.07. The molecule has 0 radical (unpaired) electrons. The van der Waals surface area contributed by atoms with Crippen LogP contribution < -0.4 is 19.5 Å². The van der Waals surface area contributed by atoms with Crippen LogP contribution in [-0.2, 0) is 6.54 Å². The van der Waals surface area contributed by atoms with Gasteiger partial charge < -0.3 is 19.5 Å². The summed E-state index contributed by atoms with van der Waals surface area (Å²) in [6.45, 7) is 0.652. The molecule has 0 spiro atoms. The molecular formula is C16H18BrNO3. The average molecular weight is 352 g/mol. The molecule has 5 heteroatoms. The van der Waals surface area contributed by atoms with Crippen molar-refractivity contribution in [3.05, 3.63) is 46.4 Å². The van der Waals surface area contributed by atoms with Crippen molar-refractivity contribution in [3.63, 3.8) is 0 Å². The lowest BCUT2D eigenvalue weighted by molar-refractivity contribution is 0.393. The van der Waals surface area contributed by atoms with Gasteiger partial charge in [0.1, 0.15) is 17.2 Å². The number of hydrogen-bond acceptors (Lipinski definition) is 4. The second-order valence-corrected chi connectivity index (χ2v) is 5.27. The Kier molecular flexibility index (Phi) is 5.33. The van der Waals surface area contributed by atoms with Crippen molar-refractivity contribution in [3.8, 4) is 17.2 Å². The maximum absolute atomic E-state index is 5.27. The molecule has 0 saturated heterocycles. The van der Waals surface area contributed by atoms with E-state index in [1.165, 1.54) is 0 Å². The van der Waals surface area contributed by atoms with Gasteiger partial charge in [-0.3, -0.25) is 0 Å². The largest absolute Gasteiger partial charge is 0.497 e. The second-order valence-electron chi connectivity index (χ2n) is 4.42. The first-order valence-corrected chi connectivity index (χ1v) is 7.25. The molecule has 2 aromatic rings. The zero-order valence-corrected chi connectivity index (χ0v) is 13.9. The van der Waals surface area contributed by atoms with Crippen molar-refractivity contribution < 1.29 is 14.2 Å². The Labute approximate surface area is 133 Å². The lowest BCUT2D eigenvalue weighted by Gasteiger charge is -2.12. The number of benzene rings is 2. The average Bonchev–Trinajstić information content (AvgIpc) is 2.53. The highest BCUT2D eigenvalue weighted by Gasteiger charge is 2.05. The number of ether oxygens (including phenoxy) is 3. The smallest absolute Gasteiger partial charge is 0.122 e. The molecule has 0 bridgehead atoms. The molecular weight excluding hydrogens is 334 g/mol. The van der Waals surface area contributed by atoms with Crippen molar-refractivity contribution in [1.29, 1.82) is 0 Å². The lowest BCUT2D eigenvalue weighted by atomic mass is 10.2. The minimum absolute atomic E-state index is 0.652. The quantitative estimate of drug-likeness (QED) is 0.850. The highest BCUT2D eigenvalue weighted by molar-refractivity contribution is 9.10. The van der Waals surface area contributed by atoms with Gasteiger partial charge in [-0.25, -0.2) is 0 Å². The number of methoxy groups -OCH3 is 3. The number of hydrogen-bond donors (Lipinski definition) is 1. The van der Waals surface area contributed by atoms with Gasteiger partial charge >= 0.3 is 0 Å². The molecule has 0 unspecified atom stereocenters. The van der Waals surface area contributed by atoms with E-state index in [1.54, 1.807) is 21.3 Å². The van der Waals surface area contributed by atoms with Crippen LogP contribution in [0.2, 0.25) is 0 Å². The van der Waals surface area contributed by atoms with Gasteiger partial charge in [0.2, 0.25) is 0 Å². The Bertz CT molecular complexity index is 594. The van der Waals surface area contributed by atoms with E-state index < -0.39 is 0 Å². The molecule has 2 rings (SSSR count). The van der Waals surface area contributed by atoms with Gasteiger partial charge in [-0.05, 0) is 45.8 Å². The monoisotopic (exact) mass is 351 g/mol. The molecule has 0 aliphatic rings. The summed E-state index contributed by atoms with van der Waals surface area (Å²) in [6.07, 6.45) is 0. The van der Waals surface area contributed by atoms with Crippen molar-refractivity contribution in [2.45, 2.75) is 6.54 Å². The van der Waals surface area contributed by atoms with Gasteiger partial charge in [-0.15, -0.1) is 0 Å². The van der Waals surface area contributed by atoms with E-state index in [0.29, 0.717) is 6.54 Å². The molecule has 0 aromatic heterocycles. The maximum Gasteiger partial charge on any atom is 0.122 e. The van der Waals surface area contributed by atoms with Crippen molar-refractivity contribution >= 4 is 21.6 Å². The molecule has 4 nitrogen and oxygen atoms in total. The first-order valence-electron chi connectivity index (χ1n) is 6.45. The van der Waals surface area contributed by atoms with Crippen molar-refractivity contribution in [2.24, 2.45) is 0 Å². The standard InChI is InChI=1S/C16H18BrNO3/c1-19-12-4-5-15(17)16(9-12)18-10-11-6-13(20-2)8-14(7-11)21-3/h4-9,18H,10H2,1-3H3. The Morgan fingerprint density at radius 2 is 1.48 bits per heavy atom. The summed E-state index contributed by atoms with van der Waals surface area (Å²) in [5, 5.41) is 3.37. The van der Waals surface area contributed by atoms with Gasteiger partial charge in [0.25, 0.3) is 0 Å². The summed E-state index contributed by atoms with van der Waals surface area (Å²) in [4.78, 5) is 0. The minimum Gasteiger partial charge on any atom is -0.497 e. The second kappa shape index (κ2) is 7.22. The number of nitrogens with one attached hydrogen (secondary N) is 1. The van der Waals surface area contributed by atoms with Gasteiger partial charge in [0, 0.05) is 23.2 Å². The molecule has 0 saturated carbocycles. The molecule has 0 heterocycles. The molecule has 21 heavy (non-hydrogen) atoms. The normalized spacial score (nSPS) is 10.1. The SMILES string of the molecule is COc1cc(CNc2cc(OC)ccc2Br)cc(OC)c1. The molecule has 1 N–H and O–H groups in total. The highest BCUT2D eigenvalue weighted by Crippen LogP contribution is 2.28. The highest BCUT2D eigenvalue weighted by atomic mass is 79.9. The minimum atomic E-state index is 0.652. The van der Waals surface area contributed by atoms with Crippen molar-refractivity contribution in [1.82, 2.24) is 0 Å². The predicted octanol–water partition coefficient (Wildman–Crippen LogP) is 4.09.